The van der Waals surface area contributed by atoms with Crippen molar-refractivity contribution in [3.05, 3.63) is 48.0 Å². The van der Waals surface area contributed by atoms with Crippen LogP contribution in [-0.4, -0.2) is 42.4 Å². The molecule has 0 aromatic heterocycles. The zero-order chi connectivity index (χ0) is 17.6. The quantitative estimate of drug-likeness (QED) is 0.878. The van der Waals surface area contributed by atoms with E-state index in [2.05, 4.69) is 5.32 Å². The van der Waals surface area contributed by atoms with Crippen LogP contribution in [-0.2, 0) is 4.79 Å². The second kappa shape index (κ2) is 8.12. The van der Waals surface area contributed by atoms with Crippen LogP contribution < -0.4 is 11.1 Å². The molecule has 5 heteroatoms. The van der Waals surface area contributed by atoms with Crippen LogP contribution in [0, 0.1) is 0 Å². The first-order valence-corrected chi connectivity index (χ1v) is 8.96. The van der Waals surface area contributed by atoms with Crippen LogP contribution in [0.3, 0.4) is 0 Å². The molecular weight excluding hydrogens is 314 g/mol. The molecule has 132 valence electrons. The molecule has 1 atom stereocenters. The van der Waals surface area contributed by atoms with Gasteiger partial charge in [0, 0.05) is 37.7 Å². The number of hydrogen-bond donors (Lipinski definition) is 2. The molecule has 2 aromatic rings. The number of amides is 2. The SMILES string of the molecule is NCCC(=O)NCC1CCCCN1C(=O)c1cccc2ccccc12. The van der Waals surface area contributed by atoms with Crippen molar-refractivity contribution >= 4 is 22.6 Å². The minimum Gasteiger partial charge on any atom is -0.354 e. The van der Waals surface area contributed by atoms with Gasteiger partial charge in [-0.05, 0) is 36.1 Å². The fraction of sp³-hybridized carbons (Fsp3) is 0.400. The Bertz CT molecular complexity index is 754. The maximum Gasteiger partial charge on any atom is 0.254 e. The third-order valence-corrected chi connectivity index (χ3v) is 4.81. The largest absolute Gasteiger partial charge is 0.354 e. The Kier molecular flexibility index (Phi) is 5.66. The molecule has 0 saturated carbocycles. The number of hydrogen-bond acceptors (Lipinski definition) is 3. The summed E-state index contributed by atoms with van der Waals surface area (Å²) in [7, 11) is 0. The molecule has 1 aliphatic heterocycles. The Hall–Kier alpha value is -2.40. The van der Waals surface area contributed by atoms with E-state index in [-0.39, 0.29) is 17.9 Å². The lowest BCUT2D eigenvalue weighted by Crippen LogP contribution is -2.49. The molecule has 0 radical (unpaired) electrons. The van der Waals surface area contributed by atoms with E-state index in [1.165, 1.54) is 0 Å². The van der Waals surface area contributed by atoms with Gasteiger partial charge in [-0.2, -0.15) is 0 Å². The lowest BCUT2D eigenvalue weighted by atomic mass is 9.98. The molecule has 0 bridgehead atoms. The highest BCUT2D eigenvalue weighted by atomic mass is 16.2. The van der Waals surface area contributed by atoms with E-state index in [4.69, 9.17) is 5.73 Å². The number of fused-ring (bicyclic) bond motifs is 1. The summed E-state index contributed by atoms with van der Waals surface area (Å²) in [5, 5.41) is 4.96. The highest BCUT2D eigenvalue weighted by molar-refractivity contribution is 6.07. The second-order valence-electron chi connectivity index (χ2n) is 6.52. The zero-order valence-electron chi connectivity index (χ0n) is 14.4. The number of piperidine rings is 1. The first-order chi connectivity index (χ1) is 12.2. The summed E-state index contributed by atoms with van der Waals surface area (Å²) in [4.78, 5) is 26.8. The third-order valence-electron chi connectivity index (χ3n) is 4.81. The van der Waals surface area contributed by atoms with Gasteiger partial charge in [-0.25, -0.2) is 0 Å². The lowest BCUT2D eigenvalue weighted by molar-refractivity contribution is -0.121. The summed E-state index contributed by atoms with van der Waals surface area (Å²) in [6, 6.07) is 13.8. The monoisotopic (exact) mass is 339 g/mol. The Morgan fingerprint density at radius 2 is 1.92 bits per heavy atom. The number of rotatable bonds is 5. The molecule has 1 heterocycles. The van der Waals surface area contributed by atoms with E-state index in [0.717, 1.165) is 42.1 Å². The summed E-state index contributed by atoms with van der Waals surface area (Å²) in [5.74, 6) is 0.000192. The normalized spacial score (nSPS) is 17.5. The van der Waals surface area contributed by atoms with E-state index in [9.17, 15) is 9.59 Å². The number of likely N-dealkylation sites (tertiary alicyclic amines) is 1. The number of nitrogens with one attached hydrogen (secondary N) is 1. The van der Waals surface area contributed by atoms with E-state index < -0.39 is 0 Å². The minimum atomic E-state index is -0.0503. The molecule has 0 spiro atoms. The van der Waals surface area contributed by atoms with Crippen LogP contribution in [0.15, 0.2) is 42.5 Å². The Balaban J connectivity index is 1.79. The smallest absolute Gasteiger partial charge is 0.254 e. The number of carbonyl (C=O) groups is 2. The van der Waals surface area contributed by atoms with Gasteiger partial charge in [-0.3, -0.25) is 9.59 Å². The summed E-state index contributed by atoms with van der Waals surface area (Å²) < 4.78 is 0. The molecule has 1 fully saturated rings. The summed E-state index contributed by atoms with van der Waals surface area (Å²) >= 11 is 0. The predicted octanol–water partition coefficient (Wildman–Crippen LogP) is 2.30. The second-order valence-corrected chi connectivity index (χ2v) is 6.52. The number of nitrogens with two attached hydrogens (primary N) is 1. The Morgan fingerprint density at radius 1 is 1.12 bits per heavy atom. The number of carbonyl (C=O) groups excluding carboxylic acids is 2. The molecule has 3 rings (SSSR count). The summed E-state index contributed by atoms with van der Waals surface area (Å²) in [5.41, 5.74) is 6.15. The molecular formula is C20H25N3O2. The fourth-order valence-corrected chi connectivity index (χ4v) is 3.50. The van der Waals surface area contributed by atoms with Crippen molar-refractivity contribution in [1.29, 1.82) is 0 Å². The minimum absolute atomic E-state index is 0.0435. The van der Waals surface area contributed by atoms with E-state index >= 15 is 0 Å². The van der Waals surface area contributed by atoms with Gasteiger partial charge in [-0.15, -0.1) is 0 Å². The first-order valence-electron chi connectivity index (χ1n) is 8.96. The van der Waals surface area contributed by atoms with Crippen LogP contribution in [0.5, 0.6) is 0 Å². The van der Waals surface area contributed by atoms with Crippen LogP contribution in [0.25, 0.3) is 10.8 Å². The van der Waals surface area contributed by atoms with Gasteiger partial charge in [0.2, 0.25) is 5.91 Å². The predicted molar refractivity (Wildman–Crippen MR) is 99.3 cm³/mol. The summed E-state index contributed by atoms with van der Waals surface area (Å²) in [6.07, 6.45) is 3.32. The third kappa shape index (κ3) is 3.99. The van der Waals surface area contributed by atoms with Gasteiger partial charge in [0.05, 0.1) is 0 Å². The van der Waals surface area contributed by atoms with Crippen molar-refractivity contribution in [2.75, 3.05) is 19.6 Å². The van der Waals surface area contributed by atoms with Crippen molar-refractivity contribution in [1.82, 2.24) is 10.2 Å². The van der Waals surface area contributed by atoms with Crippen LogP contribution >= 0.6 is 0 Å². The molecule has 2 aromatic carbocycles. The zero-order valence-corrected chi connectivity index (χ0v) is 14.4. The van der Waals surface area contributed by atoms with E-state index in [1.54, 1.807) is 0 Å². The molecule has 3 N–H and O–H groups in total. The first kappa shape index (κ1) is 17.4. The number of nitrogens with zero attached hydrogens (tertiary/aromatic N) is 1. The van der Waals surface area contributed by atoms with Gasteiger partial charge in [0.15, 0.2) is 0 Å². The topological polar surface area (TPSA) is 75.4 Å². The van der Waals surface area contributed by atoms with E-state index in [1.807, 2.05) is 47.4 Å². The van der Waals surface area contributed by atoms with Crippen LogP contribution in [0.4, 0.5) is 0 Å². The van der Waals surface area contributed by atoms with Crippen molar-refractivity contribution in [3.8, 4) is 0 Å². The molecule has 0 aliphatic carbocycles. The van der Waals surface area contributed by atoms with E-state index in [0.29, 0.717) is 19.5 Å². The van der Waals surface area contributed by atoms with Crippen molar-refractivity contribution < 1.29 is 9.59 Å². The fourth-order valence-electron chi connectivity index (χ4n) is 3.50. The van der Waals surface area contributed by atoms with Gasteiger partial charge in [0.1, 0.15) is 0 Å². The summed E-state index contributed by atoms with van der Waals surface area (Å²) in [6.45, 7) is 1.57. The van der Waals surface area contributed by atoms with Gasteiger partial charge in [0.25, 0.3) is 5.91 Å². The highest BCUT2D eigenvalue weighted by Crippen LogP contribution is 2.24. The Morgan fingerprint density at radius 3 is 2.76 bits per heavy atom. The molecule has 1 saturated heterocycles. The van der Waals surface area contributed by atoms with Crippen molar-refractivity contribution in [3.63, 3.8) is 0 Å². The lowest BCUT2D eigenvalue weighted by Gasteiger charge is -2.36. The molecule has 25 heavy (non-hydrogen) atoms. The van der Waals surface area contributed by atoms with Crippen molar-refractivity contribution in [2.45, 2.75) is 31.7 Å². The average molecular weight is 339 g/mol. The molecule has 2 amide bonds. The van der Waals surface area contributed by atoms with Gasteiger partial charge < -0.3 is 16.0 Å². The average Bonchev–Trinajstić information content (AvgIpc) is 2.66. The van der Waals surface area contributed by atoms with Gasteiger partial charge >= 0.3 is 0 Å². The van der Waals surface area contributed by atoms with Crippen LogP contribution in [0.1, 0.15) is 36.0 Å². The standard InChI is InChI=1S/C20H25N3O2/c21-12-11-19(24)22-14-16-8-3-4-13-23(16)20(25)18-10-5-7-15-6-1-2-9-17(15)18/h1-2,5-7,9-10,16H,3-4,8,11-14,21H2,(H,22,24). The number of benzene rings is 2. The molecule has 1 unspecified atom stereocenters. The molecule has 1 aliphatic rings. The highest BCUT2D eigenvalue weighted by Gasteiger charge is 2.28. The van der Waals surface area contributed by atoms with Crippen LogP contribution in [0.2, 0.25) is 0 Å². The molecule has 5 nitrogen and oxygen atoms in total. The maximum absolute atomic E-state index is 13.2. The van der Waals surface area contributed by atoms with Crippen molar-refractivity contribution in [2.24, 2.45) is 5.73 Å². The maximum atomic E-state index is 13.2. The van der Waals surface area contributed by atoms with Gasteiger partial charge in [-0.1, -0.05) is 36.4 Å². The Labute approximate surface area is 148 Å².